The topological polar surface area (TPSA) is 38.9 Å². The molecule has 0 saturated carbocycles. The summed E-state index contributed by atoms with van der Waals surface area (Å²) in [5.41, 5.74) is 8.51. The van der Waals surface area contributed by atoms with E-state index in [-0.39, 0.29) is 6.04 Å². The number of benzene rings is 1. The minimum Gasteiger partial charge on any atom is -0.324 e. The maximum Gasteiger partial charge on any atom is 0.0705 e. The third-order valence-electron chi connectivity index (χ3n) is 3.37. The van der Waals surface area contributed by atoms with E-state index >= 15 is 0 Å². The first kappa shape index (κ1) is 12.1. The van der Waals surface area contributed by atoms with Crippen LogP contribution in [0.2, 0.25) is 0 Å². The quantitative estimate of drug-likeness (QED) is 0.867. The molecule has 2 N–H and O–H groups in total. The molecule has 17 heavy (non-hydrogen) atoms. The number of nitrogens with zero attached hydrogens (tertiary/aromatic N) is 1. The van der Waals surface area contributed by atoms with Crippen LogP contribution >= 0.6 is 0 Å². The van der Waals surface area contributed by atoms with Gasteiger partial charge in [0.05, 0.1) is 5.52 Å². The highest BCUT2D eigenvalue weighted by atomic mass is 14.7. The lowest BCUT2D eigenvalue weighted by Gasteiger charge is -2.19. The Balaban J connectivity index is 2.29. The second-order valence-electron chi connectivity index (χ2n) is 4.75. The Kier molecular flexibility index (Phi) is 3.75. The van der Waals surface area contributed by atoms with Crippen LogP contribution in [-0.2, 0) is 0 Å². The molecule has 2 atom stereocenters. The SMILES string of the molecule is CCCC(C)C(N)c1ccc2cccnc2c1. The summed E-state index contributed by atoms with van der Waals surface area (Å²) in [4.78, 5) is 4.37. The number of pyridine rings is 1. The molecule has 2 nitrogen and oxygen atoms in total. The van der Waals surface area contributed by atoms with Crippen LogP contribution in [0.25, 0.3) is 10.9 Å². The molecular weight excluding hydrogens is 208 g/mol. The van der Waals surface area contributed by atoms with E-state index in [1.807, 2.05) is 12.3 Å². The van der Waals surface area contributed by atoms with Crippen molar-refractivity contribution < 1.29 is 0 Å². The van der Waals surface area contributed by atoms with Crippen molar-refractivity contribution in [3.05, 3.63) is 42.1 Å². The third-order valence-corrected chi connectivity index (χ3v) is 3.37. The highest BCUT2D eigenvalue weighted by molar-refractivity contribution is 5.78. The summed E-state index contributed by atoms with van der Waals surface area (Å²) in [6.07, 6.45) is 4.18. The van der Waals surface area contributed by atoms with Gasteiger partial charge in [-0.3, -0.25) is 4.98 Å². The predicted octanol–water partition coefficient (Wildman–Crippen LogP) is 3.67. The lowest BCUT2D eigenvalue weighted by molar-refractivity contribution is 0.434. The molecular formula is C15H20N2. The van der Waals surface area contributed by atoms with Gasteiger partial charge in [-0.25, -0.2) is 0 Å². The molecule has 2 heteroatoms. The van der Waals surface area contributed by atoms with Gasteiger partial charge in [-0.15, -0.1) is 0 Å². The standard InChI is InChI=1S/C15H20N2/c1-3-5-11(2)15(16)13-8-7-12-6-4-9-17-14(12)10-13/h4,6-11,15H,3,5,16H2,1-2H3. The zero-order valence-electron chi connectivity index (χ0n) is 10.6. The number of hydrogen-bond donors (Lipinski definition) is 1. The van der Waals surface area contributed by atoms with E-state index in [1.54, 1.807) is 0 Å². The Bertz CT molecular complexity index is 493. The summed E-state index contributed by atoms with van der Waals surface area (Å²) in [5, 5.41) is 1.17. The Morgan fingerprint density at radius 1 is 1.29 bits per heavy atom. The summed E-state index contributed by atoms with van der Waals surface area (Å²) >= 11 is 0. The molecule has 0 saturated heterocycles. The molecule has 0 aliphatic heterocycles. The van der Waals surface area contributed by atoms with Gasteiger partial charge in [-0.05, 0) is 30.0 Å². The first-order chi connectivity index (χ1) is 8.22. The summed E-state index contributed by atoms with van der Waals surface area (Å²) < 4.78 is 0. The molecule has 0 aliphatic rings. The van der Waals surface area contributed by atoms with E-state index in [1.165, 1.54) is 23.8 Å². The molecule has 2 unspecified atom stereocenters. The van der Waals surface area contributed by atoms with E-state index in [0.29, 0.717) is 5.92 Å². The molecule has 90 valence electrons. The van der Waals surface area contributed by atoms with Crippen molar-refractivity contribution in [2.24, 2.45) is 11.7 Å². The molecule has 1 aromatic carbocycles. The average Bonchev–Trinajstić information content (AvgIpc) is 2.37. The minimum absolute atomic E-state index is 0.112. The highest BCUT2D eigenvalue weighted by Gasteiger charge is 2.14. The van der Waals surface area contributed by atoms with Gasteiger partial charge < -0.3 is 5.73 Å². The van der Waals surface area contributed by atoms with Crippen LogP contribution in [0.15, 0.2) is 36.5 Å². The fourth-order valence-electron chi connectivity index (χ4n) is 2.25. The Hall–Kier alpha value is -1.41. The van der Waals surface area contributed by atoms with Gasteiger partial charge in [0.1, 0.15) is 0 Å². The molecule has 0 amide bonds. The minimum atomic E-state index is 0.112. The first-order valence-electron chi connectivity index (χ1n) is 6.32. The maximum absolute atomic E-state index is 6.29. The van der Waals surface area contributed by atoms with Crippen LogP contribution < -0.4 is 5.73 Å². The van der Waals surface area contributed by atoms with Crippen LogP contribution in [0, 0.1) is 5.92 Å². The van der Waals surface area contributed by atoms with Gasteiger partial charge in [0, 0.05) is 17.6 Å². The Morgan fingerprint density at radius 2 is 2.12 bits per heavy atom. The van der Waals surface area contributed by atoms with Crippen molar-refractivity contribution in [2.75, 3.05) is 0 Å². The van der Waals surface area contributed by atoms with Gasteiger partial charge in [-0.1, -0.05) is 38.5 Å². The smallest absolute Gasteiger partial charge is 0.0705 e. The lowest BCUT2D eigenvalue weighted by Crippen LogP contribution is -2.18. The van der Waals surface area contributed by atoms with E-state index in [4.69, 9.17) is 5.73 Å². The lowest BCUT2D eigenvalue weighted by atomic mass is 9.91. The van der Waals surface area contributed by atoms with Crippen molar-refractivity contribution in [2.45, 2.75) is 32.7 Å². The summed E-state index contributed by atoms with van der Waals surface area (Å²) in [5.74, 6) is 0.515. The number of rotatable bonds is 4. The monoisotopic (exact) mass is 228 g/mol. The van der Waals surface area contributed by atoms with Crippen molar-refractivity contribution in [3.63, 3.8) is 0 Å². The first-order valence-corrected chi connectivity index (χ1v) is 6.32. The van der Waals surface area contributed by atoms with Crippen molar-refractivity contribution >= 4 is 10.9 Å². The van der Waals surface area contributed by atoms with Crippen LogP contribution in [-0.4, -0.2) is 4.98 Å². The molecule has 2 aromatic rings. The highest BCUT2D eigenvalue weighted by Crippen LogP contribution is 2.25. The van der Waals surface area contributed by atoms with Crippen LogP contribution in [0.1, 0.15) is 38.3 Å². The predicted molar refractivity (Wildman–Crippen MR) is 72.7 cm³/mol. The summed E-state index contributed by atoms with van der Waals surface area (Å²) in [6.45, 7) is 4.42. The number of fused-ring (bicyclic) bond motifs is 1. The Morgan fingerprint density at radius 3 is 2.88 bits per heavy atom. The van der Waals surface area contributed by atoms with Gasteiger partial charge in [0.15, 0.2) is 0 Å². The second kappa shape index (κ2) is 5.28. The van der Waals surface area contributed by atoms with Gasteiger partial charge >= 0.3 is 0 Å². The molecule has 0 aliphatic carbocycles. The zero-order valence-corrected chi connectivity index (χ0v) is 10.6. The van der Waals surface area contributed by atoms with E-state index in [0.717, 1.165) is 5.52 Å². The van der Waals surface area contributed by atoms with Gasteiger partial charge in [0.25, 0.3) is 0 Å². The third kappa shape index (κ3) is 2.64. The van der Waals surface area contributed by atoms with Crippen molar-refractivity contribution in [1.29, 1.82) is 0 Å². The van der Waals surface area contributed by atoms with Crippen LogP contribution in [0.3, 0.4) is 0 Å². The number of nitrogens with two attached hydrogens (primary N) is 1. The molecule has 1 heterocycles. The second-order valence-corrected chi connectivity index (χ2v) is 4.75. The Labute approximate surface area is 103 Å². The summed E-state index contributed by atoms with van der Waals surface area (Å²) in [7, 11) is 0. The van der Waals surface area contributed by atoms with Gasteiger partial charge in [-0.2, -0.15) is 0 Å². The van der Waals surface area contributed by atoms with E-state index in [9.17, 15) is 0 Å². The fourth-order valence-corrected chi connectivity index (χ4v) is 2.25. The van der Waals surface area contributed by atoms with E-state index < -0.39 is 0 Å². The normalized spacial score (nSPS) is 14.8. The molecule has 0 radical (unpaired) electrons. The molecule has 0 spiro atoms. The van der Waals surface area contributed by atoms with Crippen LogP contribution in [0.5, 0.6) is 0 Å². The van der Waals surface area contributed by atoms with E-state index in [2.05, 4.69) is 43.1 Å². The zero-order chi connectivity index (χ0) is 12.3. The number of aromatic nitrogens is 1. The molecule has 2 rings (SSSR count). The maximum atomic E-state index is 6.29. The average molecular weight is 228 g/mol. The molecule has 0 bridgehead atoms. The van der Waals surface area contributed by atoms with Gasteiger partial charge in [0.2, 0.25) is 0 Å². The largest absolute Gasteiger partial charge is 0.324 e. The molecule has 1 aromatic heterocycles. The summed E-state index contributed by atoms with van der Waals surface area (Å²) in [6, 6.07) is 10.5. The van der Waals surface area contributed by atoms with Crippen molar-refractivity contribution in [3.8, 4) is 0 Å². The van der Waals surface area contributed by atoms with Crippen molar-refractivity contribution in [1.82, 2.24) is 4.98 Å². The molecule has 0 fully saturated rings. The number of hydrogen-bond acceptors (Lipinski definition) is 2. The fraction of sp³-hybridized carbons (Fsp3) is 0.400. The van der Waals surface area contributed by atoms with Crippen LogP contribution in [0.4, 0.5) is 0 Å².